The number of nitrogens with one attached hydrogen (secondary N) is 1. The van der Waals surface area contributed by atoms with Crippen molar-refractivity contribution in [3.8, 4) is 11.5 Å². The van der Waals surface area contributed by atoms with Crippen LogP contribution in [0.1, 0.15) is 30.9 Å². The van der Waals surface area contributed by atoms with Gasteiger partial charge in [-0.05, 0) is 49.2 Å². The van der Waals surface area contributed by atoms with Crippen molar-refractivity contribution in [1.29, 1.82) is 0 Å². The Bertz CT molecular complexity index is 865. The molecule has 6 heteroatoms. The molecule has 0 saturated carbocycles. The SMILES string of the molecule is COc1cccc(CNC(=O)CCC(=O)N2C[C@H](C)Oc3ccc(C)cc32)c1. The van der Waals surface area contributed by atoms with Crippen LogP contribution in [-0.2, 0) is 16.1 Å². The second kappa shape index (κ2) is 8.78. The summed E-state index contributed by atoms with van der Waals surface area (Å²) in [7, 11) is 1.61. The van der Waals surface area contributed by atoms with Crippen LogP contribution in [0.4, 0.5) is 5.69 Å². The van der Waals surface area contributed by atoms with E-state index < -0.39 is 0 Å². The fourth-order valence-corrected chi connectivity index (χ4v) is 3.21. The van der Waals surface area contributed by atoms with E-state index in [0.717, 1.165) is 22.6 Å². The summed E-state index contributed by atoms with van der Waals surface area (Å²) < 4.78 is 11.0. The molecule has 0 unspecified atom stereocenters. The van der Waals surface area contributed by atoms with Gasteiger partial charge in [0.1, 0.15) is 17.6 Å². The van der Waals surface area contributed by atoms with Crippen molar-refractivity contribution in [2.75, 3.05) is 18.6 Å². The number of methoxy groups -OCH3 is 1. The highest BCUT2D eigenvalue weighted by molar-refractivity contribution is 5.97. The molecular formula is C22H26N2O4. The number of amides is 2. The minimum absolute atomic E-state index is 0.0708. The van der Waals surface area contributed by atoms with E-state index in [4.69, 9.17) is 9.47 Å². The predicted molar refractivity (Wildman–Crippen MR) is 108 cm³/mol. The van der Waals surface area contributed by atoms with Gasteiger partial charge in [-0.3, -0.25) is 9.59 Å². The smallest absolute Gasteiger partial charge is 0.227 e. The van der Waals surface area contributed by atoms with Gasteiger partial charge in [0.2, 0.25) is 11.8 Å². The molecular weight excluding hydrogens is 356 g/mol. The standard InChI is InChI=1S/C22H26N2O4/c1-15-7-8-20-19(11-15)24(14-16(2)28-20)22(26)10-9-21(25)23-13-17-5-4-6-18(12-17)27-3/h4-8,11-12,16H,9-10,13-14H2,1-3H3,(H,23,25)/t16-/m0/s1. The molecule has 0 spiro atoms. The van der Waals surface area contributed by atoms with Crippen LogP contribution in [0.15, 0.2) is 42.5 Å². The summed E-state index contributed by atoms with van der Waals surface area (Å²) in [5, 5.41) is 2.86. The third-order valence-electron chi connectivity index (χ3n) is 4.66. The van der Waals surface area contributed by atoms with Gasteiger partial charge in [-0.15, -0.1) is 0 Å². The van der Waals surface area contributed by atoms with Crippen LogP contribution < -0.4 is 19.7 Å². The molecule has 0 saturated heterocycles. The number of nitrogens with zero attached hydrogens (tertiary/aromatic N) is 1. The quantitative estimate of drug-likeness (QED) is 0.833. The number of rotatable bonds is 6. The maximum atomic E-state index is 12.8. The van der Waals surface area contributed by atoms with Crippen molar-refractivity contribution in [3.05, 3.63) is 53.6 Å². The van der Waals surface area contributed by atoms with Crippen molar-refractivity contribution in [2.45, 2.75) is 39.3 Å². The average molecular weight is 382 g/mol. The van der Waals surface area contributed by atoms with E-state index in [0.29, 0.717) is 18.8 Å². The maximum absolute atomic E-state index is 12.8. The van der Waals surface area contributed by atoms with Gasteiger partial charge in [-0.1, -0.05) is 18.2 Å². The number of carbonyl (C=O) groups is 2. The highest BCUT2D eigenvalue weighted by Crippen LogP contribution is 2.34. The lowest BCUT2D eigenvalue weighted by atomic mass is 10.1. The molecule has 1 heterocycles. The van der Waals surface area contributed by atoms with Crippen LogP contribution >= 0.6 is 0 Å². The van der Waals surface area contributed by atoms with E-state index in [9.17, 15) is 9.59 Å². The Morgan fingerprint density at radius 3 is 2.82 bits per heavy atom. The number of hydrogen-bond donors (Lipinski definition) is 1. The zero-order valence-corrected chi connectivity index (χ0v) is 16.5. The normalized spacial score (nSPS) is 15.4. The first-order valence-electron chi connectivity index (χ1n) is 9.43. The number of ether oxygens (including phenoxy) is 2. The Morgan fingerprint density at radius 2 is 2.04 bits per heavy atom. The number of hydrogen-bond acceptors (Lipinski definition) is 4. The Balaban J connectivity index is 1.55. The molecule has 1 aliphatic rings. The van der Waals surface area contributed by atoms with Gasteiger partial charge in [0.05, 0.1) is 19.3 Å². The number of carbonyl (C=O) groups excluding carboxylic acids is 2. The largest absolute Gasteiger partial charge is 0.497 e. The summed E-state index contributed by atoms with van der Waals surface area (Å²) >= 11 is 0. The van der Waals surface area contributed by atoms with E-state index >= 15 is 0 Å². The molecule has 1 N–H and O–H groups in total. The number of aryl methyl sites for hydroxylation is 1. The lowest BCUT2D eigenvalue weighted by Gasteiger charge is -2.33. The molecule has 0 radical (unpaired) electrons. The summed E-state index contributed by atoms with van der Waals surface area (Å²) in [4.78, 5) is 26.7. The lowest BCUT2D eigenvalue weighted by molar-refractivity contribution is -0.125. The van der Waals surface area contributed by atoms with Crippen molar-refractivity contribution < 1.29 is 19.1 Å². The first-order chi connectivity index (χ1) is 13.5. The van der Waals surface area contributed by atoms with Gasteiger partial charge in [-0.25, -0.2) is 0 Å². The zero-order valence-electron chi connectivity index (χ0n) is 16.5. The fourth-order valence-electron chi connectivity index (χ4n) is 3.21. The Labute approximate surface area is 165 Å². The maximum Gasteiger partial charge on any atom is 0.227 e. The number of anilines is 1. The van der Waals surface area contributed by atoms with E-state index in [1.54, 1.807) is 12.0 Å². The summed E-state index contributed by atoms with van der Waals surface area (Å²) in [6, 6.07) is 13.3. The van der Waals surface area contributed by atoms with E-state index in [-0.39, 0.29) is 30.8 Å². The van der Waals surface area contributed by atoms with Crippen molar-refractivity contribution in [2.24, 2.45) is 0 Å². The van der Waals surface area contributed by atoms with Gasteiger partial charge in [0.25, 0.3) is 0 Å². The predicted octanol–water partition coefficient (Wildman–Crippen LogP) is 3.21. The highest BCUT2D eigenvalue weighted by Gasteiger charge is 2.27. The number of fused-ring (bicyclic) bond motifs is 1. The summed E-state index contributed by atoms with van der Waals surface area (Å²) in [5.74, 6) is 1.23. The molecule has 1 atom stereocenters. The van der Waals surface area contributed by atoms with Gasteiger partial charge in [0.15, 0.2) is 0 Å². The molecule has 148 valence electrons. The van der Waals surface area contributed by atoms with Gasteiger partial charge >= 0.3 is 0 Å². The van der Waals surface area contributed by atoms with Crippen LogP contribution in [-0.4, -0.2) is 31.6 Å². The molecule has 2 aromatic carbocycles. The topological polar surface area (TPSA) is 67.9 Å². The Morgan fingerprint density at radius 1 is 1.21 bits per heavy atom. The third-order valence-corrected chi connectivity index (χ3v) is 4.66. The zero-order chi connectivity index (χ0) is 20.1. The molecule has 3 rings (SSSR count). The van der Waals surface area contributed by atoms with Gasteiger partial charge < -0.3 is 19.7 Å². The summed E-state index contributed by atoms with van der Waals surface area (Å²) in [5.41, 5.74) is 2.79. The average Bonchev–Trinajstić information content (AvgIpc) is 2.70. The van der Waals surface area contributed by atoms with Crippen molar-refractivity contribution in [1.82, 2.24) is 5.32 Å². The molecule has 2 aromatic rings. The summed E-state index contributed by atoms with van der Waals surface area (Å²) in [6.45, 7) is 4.80. The molecule has 6 nitrogen and oxygen atoms in total. The monoisotopic (exact) mass is 382 g/mol. The first kappa shape index (κ1) is 19.7. The minimum atomic E-state index is -0.151. The third kappa shape index (κ3) is 4.82. The summed E-state index contributed by atoms with van der Waals surface area (Å²) in [6.07, 6.45) is 0.223. The molecule has 28 heavy (non-hydrogen) atoms. The molecule has 2 amide bonds. The van der Waals surface area contributed by atoms with Crippen molar-refractivity contribution >= 4 is 17.5 Å². The van der Waals surface area contributed by atoms with Gasteiger partial charge in [0, 0.05) is 19.4 Å². The van der Waals surface area contributed by atoms with Crippen LogP contribution in [0.2, 0.25) is 0 Å². The van der Waals surface area contributed by atoms with Gasteiger partial charge in [-0.2, -0.15) is 0 Å². The highest BCUT2D eigenvalue weighted by atomic mass is 16.5. The van der Waals surface area contributed by atoms with Crippen molar-refractivity contribution in [3.63, 3.8) is 0 Å². The Kier molecular flexibility index (Phi) is 6.19. The second-order valence-electron chi connectivity index (χ2n) is 7.03. The molecule has 0 aromatic heterocycles. The minimum Gasteiger partial charge on any atom is -0.497 e. The van der Waals surface area contributed by atoms with Crippen LogP contribution in [0.5, 0.6) is 11.5 Å². The van der Waals surface area contributed by atoms with E-state index in [2.05, 4.69) is 5.32 Å². The van der Waals surface area contributed by atoms with E-state index in [1.165, 1.54) is 0 Å². The molecule has 0 bridgehead atoms. The molecule has 0 aliphatic carbocycles. The first-order valence-corrected chi connectivity index (χ1v) is 9.43. The van der Waals surface area contributed by atoms with Crippen LogP contribution in [0, 0.1) is 6.92 Å². The molecule has 1 aliphatic heterocycles. The Hall–Kier alpha value is -3.02. The molecule has 0 fully saturated rings. The van der Waals surface area contributed by atoms with E-state index in [1.807, 2.05) is 56.3 Å². The number of benzene rings is 2. The van der Waals surface area contributed by atoms with Crippen LogP contribution in [0.3, 0.4) is 0 Å². The lowest BCUT2D eigenvalue weighted by Crippen LogP contribution is -2.42. The van der Waals surface area contributed by atoms with Crippen LogP contribution in [0.25, 0.3) is 0 Å². The fraction of sp³-hybridized carbons (Fsp3) is 0.364. The second-order valence-corrected chi connectivity index (χ2v) is 7.03.